The molecule has 1 aromatic carbocycles. The van der Waals surface area contributed by atoms with Gasteiger partial charge in [-0.3, -0.25) is 9.59 Å². The second-order valence-corrected chi connectivity index (χ2v) is 6.82. The number of carboxylic acids is 1. The van der Waals surface area contributed by atoms with Crippen LogP contribution in [0.25, 0.3) is 5.69 Å². The summed E-state index contributed by atoms with van der Waals surface area (Å²) in [5.74, 6) is -0.893. The number of benzene rings is 1. The van der Waals surface area contributed by atoms with E-state index < -0.39 is 5.97 Å². The van der Waals surface area contributed by atoms with Crippen LogP contribution in [0.1, 0.15) is 28.2 Å². The third kappa shape index (κ3) is 4.01. The number of thioether (sulfide) groups is 1. The van der Waals surface area contributed by atoms with Gasteiger partial charge in [-0.1, -0.05) is 0 Å². The summed E-state index contributed by atoms with van der Waals surface area (Å²) in [7, 11) is 0. The first-order valence-electron chi connectivity index (χ1n) is 8.00. The molecule has 25 heavy (non-hydrogen) atoms. The van der Waals surface area contributed by atoms with E-state index in [1.165, 1.54) is 23.9 Å². The lowest BCUT2D eigenvalue weighted by Gasteiger charge is -2.05. The first-order valence-corrected chi connectivity index (χ1v) is 9.16. The maximum atomic E-state index is 13.1. The van der Waals surface area contributed by atoms with Crippen molar-refractivity contribution in [2.75, 3.05) is 18.1 Å². The molecule has 2 aromatic rings. The van der Waals surface area contributed by atoms with Gasteiger partial charge in [-0.05, 0) is 43.5 Å². The first-order chi connectivity index (χ1) is 12.1. The van der Waals surface area contributed by atoms with Crippen molar-refractivity contribution >= 4 is 23.6 Å². The summed E-state index contributed by atoms with van der Waals surface area (Å²) in [5.41, 5.74) is 3.08. The summed E-state index contributed by atoms with van der Waals surface area (Å²) >= 11 is 1.25. The molecule has 0 aliphatic heterocycles. The zero-order valence-corrected chi connectivity index (χ0v) is 14.3. The molecular weight excluding hydrogens is 345 g/mol. The average molecular weight is 363 g/mol. The van der Waals surface area contributed by atoms with Gasteiger partial charge in [0.1, 0.15) is 5.82 Å². The molecule has 0 spiro atoms. The summed E-state index contributed by atoms with van der Waals surface area (Å²) in [4.78, 5) is 22.9. The van der Waals surface area contributed by atoms with E-state index >= 15 is 0 Å². The number of carboxylic acid groups (broad SMARTS) is 1. The van der Waals surface area contributed by atoms with E-state index in [-0.39, 0.29) is 17.5 Å². The number of aromatic nitrogens is 2. The highest BCUT2D eigenvalue weighted by atomic mass is 32.2. The Morgan fingerprint density at radius 3 is 2.76 bits per heavy atom. The van der Waals surface area contributed by atoms with Crippen LogP contribution >= 0.6 is 11.8 Å². The molecule has 0 fully saturated rings. The minimum Gasteiger partial charge on any atom is -0.481 e. The van der Waals surface area contributed by atoms with E-state index in [0.29, 0.717) is 18.0 Å². The van der Waals surface area contributed by atoms with E-state index in [0.717, 1.165) is 36.2 Å². The zero-order chi connectivity index (χ0) is 17.8. The molecule has 0 radical (unpaired) electrons. The smallest absolute Gasteiger partial charge is 0.313 e. The number of amides is 1. The molecule has 0 atom stereocenters. The van der Waals surface area contributed by atoms with Crippen molar-refractivity contribution in [1.82, 2.24) is 15.1 Å². The maximum Gasteiger partial charge on any atom is 0.313 e. The van der Waals surface area contributed by atoms with Crippen molar-refractivity contribution in [3.63, 3.8) is 0 Å². The Morgan fingerprint density at radius 2 is 2.04 bits per heavy atom. The van der Waals surface area contributed by atoms with Crippen molar-refractivity contribution in [1.29, 1.82) is 0 Å². The molecule has 0 bridgehead atoms. The van der Waals surface area contributed by atoms with Crippen molar-refractivity contribution in [2.45, 2.75) is 19.3 Å². The van der Waals surface area contributed by atoms with E-state index in [9.17, 15) is 14.0 Å². The van der Waals surface area contributed by atoms with Gasteiger partial charge in [-0.25, -0.2) is 9.07 Å². The number of hydrogen-bond acceptors (Lipinski definition) is 4. The van der Waals surface area contributed by atoms with Crippen LogP contribution in [0.3, 0.4) is 0 Å². The van der Waals surface area contributed by atoms with Crippen molar-refractivity contribution in [3.05, 3.63) is 47.0 Å². The topological polar surface area (TPSA) is 84.2 Å². The molecule has 0 saturated heterocycles. The van der Waals surface area contributed by atoms with Gasteiger partial charge in [0.05, 0.1) is 11.4 Å². The van der Waals surface area contributed by atoms with Gasteiger partial charge in [-0.15, -0.1) is 11.8 Å². The summed E-state index contributed by atoms with van der Waals surface area (Å²) < 4.78 is 14.8. The number of carbonyl (C=O) groups excluding carboxylic acids is 1. The van der Waals surface area contributed by atoms with Gasteiger partial charge < -0.3 is 10.4 Å². The molecule has 0 saturated carbocycles. The Hall–Kier alpha value is -2.35. The largest absolute Gasteiger partial charge is 0.481 e. The highest BCUT2D eigenvalue weighted by molar-refractivity contribution is 7.99. The minimum absolute atomic E-state index is 0.0183. The molecule has 8 heteroatoms. The second-order valence-electron chi connectivity index (χ2n) is 5.72. The van der Waals surface area contributed by atoms with E-state index in [2.05, 4.69) is 10.4 Å². The normalized spacial score (nSPS) is 12.8. The number of fused-ring (bicyclic) bond motifs is 1. The van der Waals surface area contributed by atoms with Gasteiger partial charge in [0.2, 0.25) is 0 Å². The Kier molecular flexibility index (Phi) is 5.37. The molecule has 2 N–H and O–H groups in total. The summed E-state index contributed by atoms with van der Waals surface area (Å²) in [6, 6.07) is 6.03. The quantitative estimate of drug-likeness (QED) is 0.736. The Balaban J connectivity index is 1.72. The fraction of sp³-hybridized carbons (Fsp3) is 0.353. The molecule has 1 amide bonds. The molecule has 1 aliphatic rings. The van der Waals surface area contributed by atoms with Crippen molar-refractivity contribution < 1.29 is 19.1 Å². The average Bonchev–Trinajstić information content (AvgIpc) is 3.17. The standard InChI is InChI=1S/C17H18FN3O3S/c18-11-4-6-12(7-5-11)21-14-3-1-2-13(14)16(20-21)17(24)19-8-9-25-10-15(22)23/h4-7H,1-3,8-10H2,(H,19,24)(H,22,23). The Labute approximate surface area is 148 Å². The number of nitrogens with zero attached hydrogens (tertiary/aromatic N) is 2. The molecule has 1 aliphatic carbocycles. The predicted octanol–water partition coefficient (Wildman–Crippen LogP) is 2.05. The lowest BCUT2D eigenvalue weighted by atomic mass is 10.2. The van der Waals surface area contributed by atoms with Crippen LogP contribution in [-0.4, -0.2) is 44.8 Å². The third-order valence-electron chi connectivity index (χ3n) is 3.97. The minimum atomic E-state index is -0.868. The summed E-state index contributed by atoms with van der Waals surface area (Å²) in [6.07, 6.45) is 2.59. The lowest BCUT2D eigenvalue weighted by molar-refractivity contribution is -0.133. The van der Waals surface area contributed by atoms with Crippen molar-refractivity contribution in [3.8, 4) is 5.69 Å². The molecule has 132 valence electrons. The maximum absolute atomic E-state index is 13.1. The number of aliphatic carboxylic acids is 1. The lowest BCUT2D eigenvalue weighted by Crippen LogP contribution is -2.27. The van der Waals surface area contributed by atoms with Crippen LogP contribution < -0.4 is 5.32 Å². The molecule has 0 unspecified atom stereocenters. The fourth-order valence-electron chi connectivity index (χ4n) is 2.90. The molecule has 3 rings (SSSR count). The van der Waals surface area contributed by atoms with E-state index in [4.69, 9.17) is 5.11 Å². The molecular formula is C17H18FN3O3S. The number of carbonyl (C=O) groups is 2. The van der Waals surface area contributed by atoms with Gasteiger partial charge in [0.15, 0.2) is 5.69 Å². The Bertz CT molecular complexity index is 789. The van der Waals surface area contributed by atoms with Gasteiger partial charge in [0.25, 0.3) is 5.91 Å². The monoisotopic (exact) mass is 363 g/mol. The van der Waals surface area contributed by atoms with Crippen LogP contribution in [0.2, 0.25) is 0 Å². The number of halogens is 1. The predicted molar refractivity (Wildman–Crippen MR) is 92.8 cm³/mol. The second kappa shape index (κ2) is 7.69. The van der Waals surface area contributed by atoms with Gasteiger partial charge >= 0.3 is 5.97 Å². The molecule has 6 nitrogen and oxygen atoms in total. The van der Waals surface area contributed by atoms with Crippen LogP contribution in [0.5, 0.6) is 0 Å². The number of rotatable bonds is 7. The van der Waals surface area contributed by atoms with E-state index in [1.807, 2.05) is 0 Å². The van der Waals surface area contributed by atoms with Gasteiger partial charge in [-0.2, -0.15) is 5.10 Å². The summed E-state index contributed by atoms with van der Waals surface area (Å²) in [5, 5.41) is 15.8. The highest BCUT2D eigenvalue weighted by Crippen LogP contribution is 2.27. The van der Waals surface area contributed by atoms with Gasteiger partial charge in [0, 0.05) is 23.6 Å². The van der Waals surface area contributed by atoms with Crippen LogP contribution in [0.15, 0.2) is 24.3 Å². The SMILES string of the molecule is O=C(O)CSCCNC(=O)c1nn(-c2ccc(F)cc2)c2c1CCC2. The zero-order valence-electron chi connectivity index (χ0n) is 13.5. The highest BCUT2D eigenvalue weighted by Gasteiger charge is 2.26. The molecule has 1 aromatic heterocycles. The Morgan fingerprint density at radius 1 is 1.28 bits per heavy atom. The number of nitrogens with one attached hydrogen (secondary N) is 1. The van der Waals surface area contributed by atoms with Crippen LogP contribution in [0.4, 0.5) is 4.39 Å². The number of hydrogen-bond donors (Lipinski definition) is 2. The summed E-state index contributed by atoms with van der Waals surface area (Å²) in [6.45, 7) is 0.384. The van der Waals surface area contributed by atoms with Crippen LogP contribution in [0, 0.1) is 5.82 Å². The first kappa shape index (κ1) is 17.5. The fourth-order valence-corrected chi connectivity index (χ4v) is 3.46. The van der Waals surface area contributed by atoms with Crippen molar-refractivity contribution in [2.24, 2.45) is 0 Å². The molecule has 1 heterocycles. The van der Waals surface area contributed by atoms with Crippen LogP contribution in [-0.2, 0) is 17.6 Å². The van der Waals surface area contributed by atoms with E-state index in [1.54, 1.807) is 16.8 Å². The third-order valence-corrected chi connectivity index (χ3v) is 4.92.